The second-order valence-corrected chi connectivity index (χ2v) is 4.87. The predicted molar refractivity (Wildman–Crippen MR) is 71.3 cm³/mol. The number of hydrogen-bond donors (Lipinski definition) is 1. The first-order chi connectivity index (χ1) is 7.81. The Morgan fingerprint density at radius 2 is 2.19 bits per heavy atom. The van der Waals surface area contributed by atoms with Crippen molar-refractivity contribution >= 4 is 28.1 Å². The van der Waals surface area contributed by atoms with Gasteiger partial charge in [-0.3, -0.25) is 0 Å². The lowest BCUT2D eigenvalue weighted by Gasteiger charge is -1.99. The van der Waals surface area contributed by atoms with Crippen molar-refractivity contribution in [2.45, 2.75) is 13.3 Å². The fourth-order valence-corrected chi connectivity index (χ4v) is 2.55. The normalized spacial score (nSPS) is 10.4. The van der Waals surface area contributed by atoms with Crippen molar-refractivity contribution in [1.82, 2.24) is 4.98 Å². The topological polar surface area (TPSA) is 24.9 Å². The zero-order valence-electron chi connectivity index (χ0n) is 9.03. The van der Waals surface area contributed by atoms with Gasteiger partial charge in [-0.2, -0.15) is 0 Å². The van der Waals surface area contributed by atoms with Crippen LogP contribution in [-0.4, -0.2) is 11.5 Å². The third-order valence-electron chi connectivity index (χ3n) is 2.17. The van der Waals surface area contributed by atoms with Crippen LogP contribution in [0.5, 0.6) is 0 Å². The third kappa shape index (κ3) is 2.54. The predicted octanol–water partition coefficient (Wildman–Crippen LogP) is 4.29. The van der Waals surface area contributed by atoms with Crippen LogP contribution in [0.25, 0.3) is 10.4 Å². The molecule has 0 aliphatic rings. The van der Waals surface area contributed by atoms with E-state index in [2.05, 4.69) is 17.2 Å². The second kappa shape index (κ2) is 5.32. The van der Waals surface area contributed by atoms with Crippen molar-refractivity contribution in [3.05, 3.63) is 35.5 Å². The number of anilines is 1. The first kappa shape index (κ1) is 11.4. The average molecular weight is 253 g/mol. The number of halogens is 1. The summed E-state index contributed by atoms with van der Waals surface area (Å²) in [6.45, 7) is 3.09. The molecule has 84 valence electrons. The summed E-state index contributed by atoms with van der Waals surface area (Å²) in [4.78, 5) is 5.42. The quantitative estimate of drug-likeness (QED) is 0.878. The van der Waals surface area contributed by atoms with Gasteiger partial charge in [0.25, 0.3) is 0 Å². The van der Waals surface area contributed by atoms with E-state index < -0.39 is 0 Å². The van der Waals surface area contributed by atoms with E-state index in [-0.39, 0.29) is 0 Å². The highest BCUT2D eigenvalue weighted by Crippen LogP contribution is 2.33. The minimum Gasteiger partial charge on any atom is -0.362 e. The molecule has 0 saturated heterocycles. The van der Waals surface area contributed by atoms with Gasteiger partial charge in [0.1, 0.15) is 0 Å². The van der Waals surface area contributed by atoms with Gasteiger partial charge in [0, 0.05) is 23.3 Å². The molecule has 0 unspecified atom stereocenters. The maximum Gasteiger partial charge on any atom is 0.183 e. The molecule has 0 spiro atoms. The molecule has 0 aliphatic heterocycles. The standard InChI is InChI=1S/C12H13ClN2S/c1-2-7-14-12-15-8-11(16-12)9-5-3-4-6-10(9)13/h3-6,8H,2,7H2,1H3,(H,14,15). The monoisotopic (exact) mass is 252 g/mol. The maximum absolute atomic E-state index is 6.13. The van der Waals surface area contributed by atoms with Gasteiger partial charge < -0.3 is 5.32 Å². The molecule has 1 aromatic carbocycles. The van der Waals surface area contributed by atoms with Crippen molar-refractivity contribution in [3.8, 4) is 10.4 Å². The van der Waals surface area contributed by atoms with Crippen LogP contribution in [0.2, 0.25) is 5.02 Å². The van der Waals surface area contributed by atoms with Crippen LogP contribution in [0.3, 0.4) is 0 Å². The summed E-state index contributed by atoms with van der Waals surface area (Å²) in [6, 6.07) is 7.83. The average Bonchev–Trinajstić information content (AvgIpc) is 2.75. The zero-order chi connectivity index (χ0) is 11.4. The molecular formula is C12H13ClN2S. The van der Waals surface area contributed by atoms with Crippen molar-refractivity contribution in [3.63, 3.8) is 0 Å². The minimum atomic E-state index is 0.771. The van der Waals surface area contributed by atoms with E-state index in [1.807, 2.05) is 30.5 Å². The fraction of sp³-hybridized carbons (Fsp3) is 0.250. The smallest absolute Gasteiger partial charge is 0.183 e. The molecule has 0 radical (unpaired) electrons. The van der Waals surface area contributed by atoms with E-state index in [1.165, 1.54) is 0 Å². The zero-order valence-corrected chi connectivity index (χ0v) is 10.6. The summed E-state index contributed by atoms with van der Waals surface area (Å²) in [6.07, 6.45) is 2.96. The number of aromatic nitrogens is 1. The Bertz CT molecular complexity index is 468. The lowest BCUT2D eigenvalue weighted by Crippen LogP contribution is -1.97. The van der Waals surface area contributed by atoms with Crippen molar-refractivity contribution in [2.24, 2.45) is 0 Å². The Morgan fingerprint density at radius 1 is 1.38 bits per heavy atom. The Balaban J connectivity index is 2.22. The molecule has 1 heterocycles. The largest absolute Gasteiger partial charge is 0.362 e. The molecule has 2 nitrogen and oxygen atoms in total. The Hall–Kier alpha value is -1.06. The van der Waals surface area contributed by atoms with Gasteiger partial charge >= 0.3 is 0 Å². The van der Waals surface area contributed by atoms with E-state index in [9.17, 15) is 0 Å². The molecule has 4 heteroatoms. The highest BCUT2D eigenvalue weighted by Gasteiger charge is 2.06. The van der Waals surface area contributed by atoms with E-state index >= 15 is 0 Å². The molecule has 0 amide bonds. The SMILES string of the molecule is CCCNc1ncc(-c2ccccc2Cl)s1. The molecule has 1 N–H and O–H groups in total. The van der Waals surface area contributed by atoms with Gasteiger partial charge in [0.2, 0.25) is 0 Å². The van der Waals surface area contributed by atoms with Gasteiger partial charge in [-0.15, -0.1) is 0 Å². The van der Waals surface area contributed by atoms with Crippen LogP contribution in [0.15, 0.2) is 30.5 Å². The number of nitrogens with one attached hydrogen (secondary N) is 1. The number of benzene rings is 1. The summed E-state index contributed by atoms with van der Waals surface area (Å²) in [5.74, 6) is 0. The van der Waals surface area contributed by atoms with Gasteiger partial charge in [-0.25, -0.2) is 4.98 Å². The van der Waals surface area contributed by atoms with Crippen molar-refractivity contribution in [1.29, 1.82) is 0 Å². The van der Waals surface area contributed by atoms with Crippen LogP contribution >= 0.6 is 22.9 Å². The molecular weight excluding hydrogens is 240 g/mol. The molecule has 0 atom stereocenters. The maximum atomic E-state index is 6.13. The van der Waals surface area contributed by atoms with Gasteiger partial charge in [0.15, 0.2) is 5.13 Å². The summed E-state index contributed by atoms with van der Waals surface area (Å²) in [7, 11) is 0. The van der Waals surface area contributed by atoms with Gasteiger partial charge in [-0.1, -0.05) is 48.1 Å². The summed E-state index contributed by atoms with van der Waals surface area (Å²) in [5.41, 5.74) is 1.05. The van der Waals surface area contributed by atoms with Crippen LogP contribution in [0.4, 0.5) is 5.13 Å². The van der Waals surface area contributed by atoms with Crippen LogP contribution in [0.1, 0.15) is 13.3 Å². The van der Waals surface area contributed by atoms with Crippen LogP contribution in [0, 0.1) is 0 Å². The molecule has 0 aliphatic carbocycles. The van der Waals surface area contributed by atoms with Crippen LogP contribution in [-0.2, 0) is 0 Å². The molecule has 2 rings (SSSR count). The first-order valence-corrected chi connectivity index (χ1v) is 6.45. The fourth-order valence-electron chi connectivity index (χ4n) is 1.37. The minimum absolute atomic E-state index is 0.771. The van der Waals surface area contributed by atoms with E-state index in [0.717, 1.165) is 33.6 Å². The number of nitrogens with zero attached hydrogens (tertiary/aromatic N) is 1. The van der Waals surface area contributed by atoms with E-state index in [1.54, 1.807) is 11.3 Å². The number of hydrogen-bond acceptors (Lipinski definition) is 3. The van der Waals surface area contributed by atoms with E-state index in [4.69, 9.17) is 11.6 Å². The molecule has 0 bridgehead atoms. The number of thiazole rings is 1. The lowest BCUT2D eigenvalue weighted by atomic mass is 10.2. The highest BCUT2D eigenvalue weighted by molar-refractivity contribution is 7.18. The highest BCUT2D eigenvalue weighted by atomic mass is 35.5. The van der Waals surface area contributed by atoms with Gasteiger partial charge in [-0.05, 0) is 12.5 Å². The summed E-state index contributed by atoms with van der Waals surface area (Å²) >= 11 is 7.76. The summed E-state index contributed by atoms with van der Waals surface area (Å²) in [5, 5.41) is 5.00. The molecule has 2 aromatic rings. The molecule has 16 heavy (non-hydrogen) atoms. The molecule has 0 saturated carbocycles. The lowest BCUT2D eigenvalue weighted by molar-refractivity contribution is 0.976. The van der Waals surface area contributed by atoms with Crippen molar-refractivity contribution in [2.75, 3.05) is 11.9 Å². The summed E-state index contributed by atoms with van der Waals surface area (Å²) < 4.78 is 0. The molecule has 0 fully saturated rings. The van der Waals surface area contributed by atoms with E-state index in [0.29, 0.717) is 0 Å². The Kier molecular flexibility index (Phi) is 3.80. The second-order valence-electron chi connectivity index (χ2n) is 3.44. The van der Waals surface area contributed by atoms with Crippen molar-refractivity contribution < 1.29 is 0 Å². The third-order valence-corrected chi connectivity index (χ3v) is 3.49. The first-order valence-electron chi connectivity index (χ1n) is 5.26. The van der Waals surface area contributed by atoms with Crippen LogP contribution < -0.4 is 5.32 Å². The van der Waals surface area contributed by atoms with Gasteiger partial charge in [0.05, 0.1) is 4.88 Å². The Morgan fingerprint density at radius 3 is 2.94 bits per heavy atom. The Labute approximate surface area is 104 Å². The number of rotatable bonds is 4. The molecule has 1 aromatic heterocycles.